The topological polar surface area (TPSA) is 49.3 Å². The van der Waals surface area contributed by atoms with Crippen LogP contribution >= 0.6 is 0 Å². The standard InChI is InChI=1S/C10H9F4NO2/c11-6-2-1-5(3-7(6)12)10(17)15-4-8(16)9(13)14/h1-3,8-9,16H,4H2,(H,15,17). The van der Waals surface area contributed by atoms with Crippen molar-refractivity contribution in [3.8, 4) is 0 Å². The molecule has 1 aromatic carbocycles. The lowest BCUT2D eigenvalue weighted by atomic mass is 10.2. The van der Waals surface area contributed by atoms with E-state index >= 15 is 0 Å². The normalized spacial score (nSPS) is 12.6. The average molecular weight is 251 g/mol. The number of hydrogen-bond donors (Lipinski definition) is 2. The highest BCUT2D eigenvalue weighted by molar-refractivity contribution is 5.94. The van der Waals surface area contributed by atoms with Gasteiger partial charge in [0.05, 0.1) is 0 Å². The Kier molecular flexibility index (Phi) is 4.45. The van der Waals surface area contributed by atoms with Gasteiger partial charge >= 0.3 is 0 Å². The van der Waals surface area contributed by atoms with Crippen molar-refractivity contribution in [1.82, 2.24) is 5.32 Å². The summed E-state index contributed by atoms with van der Waals surface area (Å²) in [5.74, 6) is -3.20. The summed E-state index contributed by atoms with van der Waals surface area (Å²) >= 11 is 0. The summed E-state index contributed by atoms with van der Waals surface area (Å²) in [4.78, 5) is 11.3. The number of aliphatic hydroxyl groups excluding tert-OH is 1. The van der Waals surface area contributed by atoms with Gasteiger partial charge in [-0.05, 0) is 18.2 Å². The lowest BCUT2D eigenvalue weighted by Gasteiger charge is -2.10. The number of amides is 1. The van der Waals surface area contributed by atoms with Crippen molar-refractivity contribution in [3.63, 3.8) is 0 Å². The molecule has 1 atom stereocenters. The molecule has 94 valence electrons. The Balaban J connectivity index is 2.61. The minimum atomic E-state index is -2.99. The molecule has 0 fully saturated rings. The second-order valence-corrected chi connectivity index (χ2v) is 3.24. The molecule has 0 saturated carbocycles. The van der Waals surface area contributed by atoms with Crippen LogP contribution in [0.3, 0.4) is 0 Å². The largest absolute Gasteiger partial charge is 0.385 e. The molecule has 1 amide bonds. The summed E-state index contributed by atoms with van der Waals surface area (Å²) in [6, 6.07) is 2.38. The Labute approximate surface area is 94.1 Å². The van der Waals surface area contributed by atoms with Crippen LogP contribution in [-0.2, 0) is 0 Å². The van der Waals surface area contributed by atoms with Crippen LogP contribution in [0.2, 0.25) is 0 Å². The molecule has 1 rings (SSSR count). The van der Waals surface area contributed by atoms with Crippen LogP contribution in [0.15, 0.2) is 18.2 Å². The van der Waals surface area contributed by atoms with Gasteiger partial charge in [0, 0.05) is 12.1 Å². The smallest absolute Gasteiger partial charge is 0.265 e. The molecular formula is C10H9F4NO2. The Hall–Kier alpha value is -1.63. The van der Waals surface area contributed by atoms with Crippen LogP contribution in [0.25, 0.3) is 0 Å². The number of carbonyl (C=O) groups is 1. The van der Waals surface area contributed by atoms with Gasteiger partial charge in [0.1, 0.15) is 6.10 Å². The summed E-state index contributed by atoms with van der Waals surface area (Å²) in [6.07, 6.45) is -4.98. The number of halogens is 4. The van der Waals surface area contributed by atoms with Crippen LogP contribution in [0.1, 0.15) is 10.4 Å². The SMILES string of the molecule is O=C(NCC(O)C(F)F)c1ccc(F)c(F)c1. The molecule has 2 N–H and O–H groups in total. The van der Waals surface area contributed by atoms with Gasteiger partial charge in [-0.3, -0.25) is 4.79 Å². The van der Waals surface area contributed by atoms with Gasteiger partial charge in [-0.1, -0.05) is 0 Å². The Bertz CT molecular complexity index is 411. The number of alkyl halides is 2. The second kappa shape index (κ2) is 5.62. The van der Waals surface area contributed by atoms with Crippen molar-refractivity contribution < 1.29 is 27.5 Å². The lowest BCUT2D eigenvalue weighted by Crippen LogP contribution is -2.35. The molecule has 0 radical (unpaired) electrons. The van der Waals surface area contributed by atoms with Crippen LogP contribution < -0.4 is 5.32 Å². The molecule has 0 aromatic heterocycles. The minimum Gasteiger partial charge on any atom is -0.385 e. The summed E-state index contributed by atoms with van der Waals surface area (Å²) < 4.78 is 49.1. The maximum absolute atomic E-state index is 12.7. The molecule has 0 spiro atoms. The van der Waals surface area contributed by atoms with E-state index in [-0.39, 0.29) is 5.56 Å². The monoisotopic (exact) mass is 251 g/mol. The van der Waals surface area contributed by atoms with E-state index in [1.54, 1.807) is 0 Å². The summed E-state index contributed by atoms with van der Waals surface area (Å²) in [5, 5.41) is 10.7. The summed E-state index contributed by atoms with van der Waals surface area (Å²) in [5.41, 5.74) is -0.217. The van der Waals surface area contributed by atoms with Gasteiger partial charge in [0.2, 0.25) is 0 Å². The van der Waals surface area contributed by atoms with Gasteiger partial charge in [-0.25, -0.2) is 17.6 Å². The van der Waals surface area contributed by atoms with Gasteiger partial charge in [0.15, 0.2) is 11.6 Å². The first kappa shape index (κ1) is 13.4. The Morgan fingerprint density at radius 3 is 2.47 bits per heavy atom. The first-order valence-corrected chi connectivity index (χ1v) is 4.61. The fourth-order valence-corrected chi connectivity index (χ4v) is 1.03. The van der Waals surface area contributed by atoms with Gasteiger partial charge < -0.3 is 10.4 Å². The second-order valence-electron chi connectivity index (χ2n) is 3.24. The molecule has 7 heteroatoms. The van der Waals surface area contributed by atoms with Crippen molar-refractivity contribution in [3.05, 3.63) is 35.4 Å². The molecule has 17 heavy (non-hydrogen) atoms. The Morgan fingerprint density at radius 2 is 1.94 bits per heavy atom. The van der Waals surface area contributed by atoms with E-state index in [1.165, 1.54) is 0 Å². The van der Waals surface area contributed by atoms with E-state index in [0.717, 1.165) is 12.1 Å². The average Bonchev–Trinajstić information content (AvgIpc) is 2.28. The maximum atomic E-state index is 12.7. The highest BCUT2D eigenvalue weighted by Crippen LogP contribution is 2.08. The molecule has 0 aliphatic carbocycles. The number of carbonyl (C=O) groups excluding carboxylic acids is 1. The third-order valence-electron chi connectivity index (χ3n) is 1.94. The predicted molar refractivity (Wildman–Crippen MR) is 50.7 cm³/mol. The van der Waals surface area contributed by atoms with E-state index in [9.17, 15) is 22.4 Å². The molecule has 0 heterocycles. The fraction of sp³-hybridized carbons (Fsp3) is 0.300. The van der Waals surface area contributed by atoms with Crippen molar-refractivity contribution in [2.75, 3.05) is 6.54 Å². The number of aliphatic hydroxyl groups is 1. The number of benzene rings is 1. The van der Waals surface area contributed by atoms with Crippen molar-refractivity contribution in [2.45, 2.75) is 12.5 Å². The van der Waals surface area contributed by atoms with Crippen LogP contribution in [0.5, 0.6) is 0 Å². The molecule has 3 nitrogen and oxygen atoms in total. The molecule has 1 aromatic rings. The van der Waals surface area contributed by atoms with Crippen molar-refractivity contribution in [1.29, 1.82) is 0 Å². The molecule has 0 saturated heterocycles. The first-order chi connectivity index (χ1) is 7.91. The Morgan fingerprint density at radius 1 is 1.29 bits per heavy atom. The van der Waals surface area contributed by atoms with E-state index in [4.69, 9.17) is 5.11 Å². The zero-order valence-electron chi connectivity index (χ0n) is 8.46. The van der Waals surface area contributed by atoms with Crippen molar-refractivity contribution in [2.24, 2.45) is 0 Å². The highest BCUT2D eigenvalue weighted by Gasteiger charge is 2.18. The predicted octanol–water partition coefficient (Wildman–Crippen LogP) is 1.32. The van der Waals surface area contributed by atoms with Gasteiger partial charge in [-0.15, -0.1) is 0 Å². The number of rotatable bonds is 4. The van der Waals surface area contributed by atoms with Crippen LogP contribution in [0.4, 0.5) is 17.6 Å². The van der Waals surface area contributed by atoms with Crippen molar-refractivity contribution >= 4 is 5.91 Å². The number of hydrogen-bond acceptors (Lipinski definition) is 2. The lowest BCUT2D eigenvalue weighted by molar-refractivity contribution is -0.00270. The first-order valence-electron chi connectivity index (χ1n) is 4.61. The zero-order valence-corrected chi connectivity index (χ0v) is 8.46. The quantitative estimate of drug-likeness (QED) is 0.793. The third-order valence-corrected chi connectivity index (χ3v) is 1.94. The maximum Gasteiger partial charge on any atom is 0.265 e. The summed E-state index contributed by atoms with van der Waals surface area (Å²) in [7, 11) is 0. The zero-order chi connectivity index (χ0) is 13.0. The molecule has 0 aliphatic rings. The fourth-order valence-electron chi connectivity index (χ4n) is 1.03. The molecule has 0 aliphatic heterocycles. The van der Waals surface area contributed by atoms with Crippen LogP contribution in [-0.4, -0.2) is 30.1 Å². The van der Waals surface area contributed by atoms with E-state index in [2.05, 4.69) is 0 Å². The minimum absolute atomic E-state index is 0.217. The van der Waals surface area contributed by atoms with E-state index < -0.39 is 36.6 Å². The van der Waals surface area contributed by atoms with Gasteiger partial charge in [0.25, 0.3) is 12.3 Å². The van der Waals surface area contributed by atoms with E-state index in [0.29, 0.717) is 6.07 Å². The highest BCUT2D eigenvalue weighted by atomic mass is 19.3. The third kappa shape index (κ3) is 3.70. The summed E-state index contributed by atoms with van der Waals surface area (Å²) in [6.45, 7) is -0.671. The number of nitrogens with one attached hydrogen (secondary N) is 1. The molecule has 1 unspecified atom stereocenters. The molecular weight excluding hydrogens is 242 g/mol. The van der Waals surface area contributed by atoms with Crippen LogP contribution in [0, 0.1) is 11.6 Å². The molecule has 0 bridgehead atoms. The van der Waals surface area contributed by atoms with E-state index in [1.807, 2.05) is 5.32 Å². The van der Waals surface area contributed by atoms with Gasteiger partial charge in [-0.2, -0.15) is 0 Å².